The van der Waals surface area contributed by atoms with Crippen LogP contribution in [0.1, 0.15) is 24.4 Å². The fraction of sp³-hybridized carbons (Fsp3) is 0.286. The van der Waals surface area contributed by atoms with Crippen LogP contribution in [0.2, 0.25) is 5.02 Å². The van der Waals surface area contributed by atoms with Gasteiger partial charge in [-0.1, -0.05) is 18.5 Å². The van der Waals surface area contributed by atoms with Gasteiger partial charge < -0.3 is 8.98 Å². The van der Waals surface area contributed by atoms with Crippen LogP contribution in [0, 0.1) is 5.82 Å². The van der Waals surface area contributed by atoms with Crippen LogP contribution in [0.15, 0.2) is 22.7 Å². The van der Waals surface area contributed by atoms with Crippen LogP contribution in [0.25, 0.3) is 11.0 Å². The Labute approximate surface area is 130 Å². The summed E-state index contributed by atoms with van der Waals surface area (Å²) in [6, 6.07) is 2.84. The Morgan fingerprint density at radius 2 is 2.19 bits per heavy atom. The number of imidazole rings is 1. The maximum Gasteiger partial charge on any atom is 0.214 e. The smallest absolute Gasteiger partial charge is 0.214 e. The zero-order chi connectivity index (χ0) is 15.0. The molecule has 0 amide bonds. The van der Waals surface area contributed by atoms with Crippen molar-refractivity contribution >= 4 is 34.2 Å². The predicted molar refractivity (Wildman–Crippen MR) is 79.2 cm³/mol. The molecule has 1 aromatic carbocycles. The van der Waals surface area contributed by atoms with E-state index in [1.165, 1.54) is 6.07 Å². The van der Waals surface area contributed by atoms with Gasteiger partial charge in [0.2, 0.25) is 5.89 Å². The number of hydrogen-bond donors (Lipinski definition) is 0. The fourth-order valence-corrected chi connectivity index (χ4v) is 2.53. The Hall–Kier alpha value is -1.59. The molecule has 0 spiro atoms. The lowest BCUT2D eigenvalue weighted by Crippen LogP contribution is -2.04. The minimum Gasteiger partial charge on any atom is -0.444 e. The van der Waals surface area contributed by atoms with E-state index in [1.807, 2.05) is 11.5 Å². The molecule has 0 unspecified atom stereocenters. The van der Waals surface area contributed by atoms with Crippen LogP contribution >= 0.6 is 23.2 Å². The van der Waals surface area contributed by atoms with Gasteiger partial charge in [-0.2, -0.15) is 0 Å². The number of nitrogens with zero attached hydrogens (tertiary/aromatic N) is 3. The van der Waals surface area contributed by atoms with Crippen molar-refractivity contribution in [2.45, 2.75) is 25.8 Å². The quantitative estimate of drug-likeness (QED) is 0.675. The molecule has 0 aliphatic rings. The molecule has 0 atom stereocenters. The Kier molecular flexibility index (Phi) is 3.87. The van der Waals surface area contributed by atoms with Crippen LogP contribution in [0.5, 0.6) is 0 Å². The molecule has 4 nitrogen and oxygen atoms in total. The molecule has 0 aliphatic carbocycles. The number of oxazole rings is 1. The lowest BCUT2D eigenvalue weighted by atomic mass is 10.3. The topological polar surface area (TPSA) is 43.9 Å². The number of fused-ring (bicyclic) bond motifs is 1. The maximum absolute atomic E-state index is 13.5. The molecule has 3 aromatic rings. The molecule has 0 bridgehead atoms. The highest BCUT2D eigenvalue weighted by Gasteiger charge is 2.15. The summed E-state index contributed by atoms with van der Waals surface area (Å²) >= 11 is 11.8. The molecule has 0 saturated heterocycles. The minimum absolute atomic E-state index is 0.0476. The van der Waals surface area contributed by atoms with E-state index in [1.54, 1.807) is 12.3 Å². The summed E-state index contributed by atoms with van der Waals surface area (Å²) in [4.78, 5) is 8.54. The lowest BCUT2D eigenvalue weighted by Gasteiger charge is -2.05. The van der Waals surface area contributed by atoms with E-state index in [0.717, 1.165) is 12.2 Å². The molecule has 0 fully saturated rings. The van der Waals surface area contributed by atoms with Crippen molar-refractivity contribution in [3.8, 4) is 0 Å². The van der Waals surface area contributed by atoms with Gasteiger partial charge in [-0.25, -0.2) is 14.4 Å². The van der Waals surface area contributed by atoms with E-state index in [-0.39, 0.29) is 10.9 Å². The van der Waals surface area contributed by atoms with Crippen LogP contribution < -0.4 is 0 Å². The molecule has 2 heterocycles. The average molecular weight is 328 g/mol. The predicted octanol–water partition coefficient (Wildman–Crippen LogP) is 4.17. The Morgan fingerprint density at radius 1 is 1.38 bits per heavy atom. The summed E-state index contributed by atoms with van der Waals surface area (Å²) in [6.45, 7) is 2.37. The Balaban J connectivity index is 2.09. The molecular formula is C14H12Cl2FN3O. The van der Waals surface area contributed by atoms with Crippen molar-refractivity contribution in [1.82, 2.24) is 14.5 Å². The van der Waals surface area contributed by atoms with E-state index >= 15 is 0 Å². The van der Waals surface area contributed by atoms with E-state index in [9.17, 15) is 4.39 Å². The van der Waals surface area contributed by atoms with Gasteiger partial charge in [0, 0.05) is 12.5 Å². The largest absolute Gasteiger partial charge is 0.444 e. The highest BCUT2D eigenvalue weighted by molar-refractivity contribution is 6.31. The normalized spacial score (nSPS) is 11.4. The van der Waals surface area contributed by atoms with Crippen molar-refractivity contribution < 1.29 is 8.81 Å². The third-order valence-corrected chi connectivity index (χ3v) is 3.76. The van der Waals surface area contributed by atoms with Gasteiger partial charge in [0.05, 0.1) is 28.1 Å². The van der Waals surface area contributed by atoms with Crippen molar-refractivity contribution in [2.75, 3.05) is 0 Å². The van der Waals surface area contributed by atoms with Gasteiger partial charge in [0.25, 0.3) is 0 Å². The monoisotopic (exact) mass is 327 g/mol. The highest BCUT2D eigenvalue weighted by atomic mass is 35.5. The molecule has 110 valence electrons. The summed E-state index contributed by atoms with van der Waals surface area (Å²) in [5.74, 6) is 1.68. The van der Waals surface area contributed by atoms with E-state index in [0.29, 0.717) is 29.3 Å². The van der Waals surface area contributed by atoms with Gasteiger partial charge in [-0.05, 0) is 6.07 Å². The molecule has 0 aliphatic heterocycles. The van der Waals surface area contributed by atoms with Gasteiger partial charge in [-0.3, -0.25) is 0 Å². The van der Waals surface area contributed by atoms with Gasteiger partial charge >= 0.3 is 0 Å². The van der Waals surface area contributed by atoms with E-state index < -0.39 is 5.82 Å². The summed E-state index contributed by atoms with van der Waals surface area (Å²) in [7, 11) is 0. The number of halogens is 3. The van der Waals surface area contributed by atoms with Gasteiger partial charge in [-0.15, -0.1) is 11.6 Å². The first-order valence-electron chi connectivity index (χ1n) is 6.46. The molecule has 2 aromatic heterocycles. The zero-order valence-electron chi connectivity index (χ0n) is 11.2. The molecule has 0 saturated carbocycles. The van der Waals surface area contributed by atoms with Gasteiger partial charge in [0.15, 0.2) is 0 Å². The Bertz CT molecular complexity index is 797. The van der Waals surface area contributed by atoms with E-state index in [4.69, 9.17) is 27.6 Å². The SMILES string of the molecule is CCc1cnc(Cn2c(CCl)nc3cc(F)c(Cl)cc32)o1. The minimum atomic E-state index is -0.501. The second-order valence-corrected chi connectivity index (χ2v) is 5.25. The van der Waals surface area contributed by atoms with Crippen LogP contribution in [0.4, 0.5) is 4.39 Å². The van der Waals surface area contributed by atoms with Crippen molar-refractivity contribution in [1.29, 1.82) is 0 Å². The third-order valence-electron chi connectivity index (χ3n) is 3.23. The van der Waals surface area contributed by atoms with E-state index in [2.05, 4.69) is 9.97 Å². The number of hydrogen-bond acceptors (Lipinski definition) is 3. The number of rotatable bonds is 4. The number of aromatic nitrogens is 3. The number of aryl methyl sites for hydroxylation is 1. The van der Waals surface area contributed by atoms with Crippen molar-refractivity contribution in [3.63, 3.8) is 0 Å². The summed E-state index contributed by atoms with van der Waals surface area (Å²) in [6.07, 6.45) is 2.47. The van der Waals surface area contributed by atoms with Gasteiger partial charge in [0.1, 0.15) is 23.9 Å². The first-order chi connectivity index (χ1) is 10.1. The van der Waals surface area contributed by atoms with Crippen LogP contribution in [-0.4, -0.2) is 14.5 Å². The third kappa shape index (κ3) is 2.63. The summed E-state index contributed by atoms with van der Waals surface area (Å²) < 4.78 is 21.0. The second-order valence-electron chi connectivity index (χ2n) is 4.58. The molecular weight excluding hydrogens is 316 g/mol. The summed E-state index contributed by atoms with van der Waals surface area (Å²) in [5.41, 5.74) is 1.21. The average Bonchev–Trinajstić information content (AvgIpc) is 3.05. The molecule has 0 radical (unpaired) electrons. The number of alkyl halides is 1. The first-order valence-corrected chi connectivity index (χ1v) is 7.37. The molecule has 7 heteroatoms. The van der Waals surface area contributed by atoms with Crippen molar-refractivity contribution in [3.05, 3.63) is 46.6 Å². The first kappa shape index (κ1) is 14.4. The fourth-order valence-electron chi connectivity index (χ4n) is 2.17. The molecule has 21 heavy (non-hydrogen) atoms. The number of benzene rings is 1. The Morgan fingerprint density at radius 3 is 2.86 bits per heavy atom. The summed E-state index contributed by atoms with van der Waals surface area (Å²) in [5, 5.41) is 0.0476. The molecule has 0 N–H and O–H groups in total. The maximum atomic E-state index is 13.5. The zero-order valence-corrected chi connectivity index (χ0v) is 12.7. The lowest BCUT2D eigenvalue weighted by molar-refractivity contribution is 0.446. The second kappa shape index (κ2) is 5.66. The highest BCUT2D eigenvalue weighted by Crippen LogP contribution is 2.25. The standard InChI is InChI=1S/C14H12Cl2FN3O/c1-2-8-6-18-14(21-8)7-20-12-3-9(16)10(17)4-11(12)19-13(20)5-15/h3-4,6H,2,5,7H2,1H3. The van der Waals surface area contributed by atoms with Crippen LogP contribution in [0.3, 0.4) is 0 Å². The van der Waals surface area contributed by atoms with Crippen LogP contribution in [-0.2, 0) is 18.8 Å². The van der Waals surface area contributed by atoms with Crippen molar-refractivity contribution in [2.24, 2.45) is 0 Å². The molecule has 3 rings (SSSR count).